The van der Waals surface area contributed by atoms with E-state index in [4.69, 9.17) is 4.74 Å². The second-order valence-corrected chi connectivity index (χ2v) is 7.19. The van der Waals surface area contributed by atoms with E-state index in [9.17, 15) is 4.39 Å². The smallest absolute Gasteiger partial charge is 0.195 e. The molecule has 0 aromatic heterocycles. The van der Waals surface area contributed by atoms with E-state index in [1.807, 2.05) is 26.0 Å². The van der Waals surface area contributed by atoms with E-state index in [1.54, 1.807) is 13.0 Å². The van der Waals surface area contributed by atoms with Crippen LogP contribution in [0.15, 0.2) is 62.7 Å². The molecule has 0 radical (unpaired) electrons. The molecule has 160 valence electrons. The van der Waals surface area contributed by atoms with Crippen LogP contribution >= 0.6 is 11.9 Å². The standard InChI is InChI=1S/C22H28FN5OS/c1-6-17(13-18(23)7-2)21(24-5)28-30-14-29-20-12-15(3)19(11-16(20)4)27-22-25-9-8-10-26-22/h6-7,11-13H,2,5,8-10,14H2,1,3-4H3,(H2,25,26,27)/b17-6+,18-13+,28-21-. The highest BCUT2D eigenvalue weighted by molar-refractivity contribution is 7.98. The number of allylic oxidation sites excluding steroid dienone is 3. The lowest BCUT2D eigenvalue weighted by Gasteiger charge is -2.18. The molecule has 0 fully saturated rings. The Morgan fingerprint density at radius 1 is 1.40 bits per heavy atom. The van der Waals surface area contributed by atoms with Crippen molar-refractivity contribution in [2.24, 2.45) is 14.4 Å². The molecular formula is C22H28FN5OS. The topological polar surface area (TPSA) is 70.4 Å². The lowest BCUT2D eigenvalue weighted by molar-refractivity contribution is 0.390. The van der Waals surface area contributed by atoms with Crippen molar-refractivity contribution >= 4 is 36.1 Å². The SMILES string of the molecule is C=C\C(F)=C/C(=C\C)C(/N=C)=N/SCOc1cc(C)c(NC2=NCCCN2)cc1C. The molecule has 0 unspecified atom stereocenters. The number of amidine groups is 1. The van der Waals surface area contributed by atoms with Crippen molar-refractivity contribution in [3.05, 3.63) is 59.5 Å². The average Bonchev–Trinajstić information content (AvgIpc) is 2.76. The van der Waals surface area contributed by atoms with Gasteiger partial charge in [-0.25, -0.2) is 9.38 Å². The summed E-state index contributed by atoms with van der Waals surface area (Å²) in [5, 5.41) is 6.59. The number of benzene rings is 1. The van der Waals surface area contributed by atoms with Crippen LogP contribution in [0.5, 0.6) is 5.75 Å². The number of rotatable bonds is 8. The third-order valence-corrected chi connectivity index (χ3v) is 4.82. The molecule has 6 nitrogen and oxygen atoms in total. The number of halogens is 1. The number of nitrogens with one attached hydrogen (secondary N) is 2. The highest BCUT2D eigenvalue weighted by Crippen LogP contribution is 2.27. The zero-order chi connectivity index (χ0) is 21.9. The van der Waals surface area contributed by atoms with Gasteiger partial charge < -0.3 is 15.4 Å². The molecule has 0 bridgehead atoms. The number of anilines is 1. The van der Waals surface area contributed by atoms with E-state index < -0.39 is 5.83 Å². The van der Waals surface area contributed by atoms with Gasteiger partial charge in [0.2, 0.25) is 0 Å². The van der Waals surface area contributed by atoms with Crippen molar-refractivity contribution in [3.8, 4) is 5.75 Å². The van der Waals surface area contributed by atoms with Crippen LogP contribution < -0.4 is 15.4 Å². The Labute approximate surface area is 182 Å². The minimum atomic E-state index is -0.463. The first kappa shape index (κ1) is 23.4. The zero-order valence-electron chi connectivity index (χ0n) is 17.7. The number of hydrogen-bond acceptors (Lipinski definition) is 6. The minimum Gasteiger partial charge on any atom is -0.481 e. The van der Waals surface area contributed by atoms with Crippen molar-refractivity contribution in [1.82, 2.24) is 5.32 Å². The maximum Gasteiger partial charge on any atom is 0.195 e. The largest absolute Gasteiger partial charge is 0.481 e. The van der Waals surface area contributed by atoms with Crippen molar-refractivity contribution in [3.63, 3.8) is 0 Å². The second-order valence-electron chi connectivity index (χ2n) is 6.51. The van der Waals surface area contributed by atoms with Gasteiger partial charge in [0.15, 0.2) is 17.7 Å². The molecule has 2 N–H and O–H groups in total. The summed E-state index contributed by atoms with van der Waals surface area (Å²) in [4.78, 5) is 8.32. The molecule has 0 aliphatic carbocycles. The molecule has 1 heterocycles. The molecule has 1 aromatic carbocycles. The number of aliphatic imine (C=N–C) groups is 2. The Kier molecular flexibility index (Phi) is 9.34. The summed E-state index contributed by atoms with van der Waals surface area (Å²) in [6.45, 7) is 14.4. The second kappa shape index (κ2) is 12.0. The maximum absolute atomic E-state index is 13.5. The van der Waals surface area contributed by atoms with Gasteiger partial charge in [0.1, 0.15) is 11.6 Å². The summed E-state index contributed by atoms with van der Waals surface area (Å²) in [5.74, 6) is 1.72. The van der Waals surface area contributed by atoms with Gasteiger partial charge in [0.25, 0.3) is 0 Å². The van der Waals surface area contributed by atoms with Gasteiger partial charge in [-0.15, -0.1) is 0 Å². The van der Waals surface area contributed by atoms with Gasteiger partial charge in [0, 0.05) is 36.3 Å². The van der Waals surface area contributed by atoms with Crippen molar-refractivity contribution < 1.29 is 9.13 Å². The van der Waals surface area contributed by atoms with Gasteiger partial charge in [-0.3, -0.25) is 4.99 Å². The first-order valence-corrected chi connectivity index (χ1v) is 10.5. The molecule has 1 aromatic rings. The molecule has 8 heteroatoms. The normalized spacial score (nSPS) is 15.2. The number of aryl methyl sites for hydroxylation is 2. The van der Waals surface area contributed by atoms with E-state index >= 15 is 0 Å². The third-order valence-electron chi connectivity index (χ3n) is 4.30. The van der Waals surface area contributed by atoms with E-state index in [0.717, 1.165) is 54.1 Å². The quantitative estimate of drug-likeness (QED) is 0.150. The van der Waals surface area contributed by atoms with Crippen LogP contribution in [-0.4, -0.2) is 37.5 Å². The van der Waals surface area contributed by atoms with Crippen LogP contribution in [0.2, 0.25) is 0 Å². The Balaban J connectivity index is 2.00. The van der Waals surface area contributed by atoms with E-state index in [-0.39, 0.29) is 5.94 Å². The Bertz CT molecular complexity index is 905. The molecule has 0 saturated heterocycles. The fraction of sp³-hybridized carbons (Fsp3) is 0.318. The van der Waals surface area contributed by atoms with Gasteiger partial charge in [0.05, 0.1) is 0 Å². The lowest BCUT2D eigenvalue weighted by atomic mass is 10.1. The van der Waals surface area contributed by atoms with Crippen LogP contribution in [0.25, 0.3) is 0 Å². The first-order chi connectivity index (χ1) is 14.5. The molecule has 0 spiro atoms. The summed E-state index contributed by atoms with van der Waals surface area (Å²) in [7, 11) is 0. The highest BCUT2D eigenvalue weighted by atomic mass is 32.2. The zero-order valence-corrected chi connectivity index (χ0v) is 18.5. The summed E-state index contributed by atoms with van der Waals surface area (Å²) in [6.07, 6.45) is 5.20. The average molecular weight is 430 g/mol. The van der Waals surface area contributed by atoms with Crippen molar-refractivity contribution in [2.45, 2.75) is 27.2 Å². The molecule has 1 aliphatic rings. The van der Waals surface area contributed by atoms with Crippen LogP contribution in [-0.2, 0) is 0 Å². The summed E-state index contributed by atoms with van der Waals surface area (Å²) < 4.78 is 23.6. The fourth-order valence-corrected chi connectivity index (χ4v) is 3.18. The predicted octanol–water partition coefficient (Wildman–Crippen LogP) is 5.13. The van der Waals surface area contributed by atoms with Crippen LogP contribution in [0.1, 0.15) is 24.5 Å². The Morgan fingerprint density at radius 2 is 2.20 bits per heavy atom. The Morgan fingerprint density at radius 3 is 2.83 bits per heavy atom. The van der Waals surface area contributed by atoms with Crippen molar-refractivity contribution in [1.29, 1.82) is 0 Å². The van der Waals surface area contributed by atoms with Crippen LogP contribution in [0, 0.1) is 13.8 Å². The summed E-state index contributed by atoms with van der Waals surface area (Å²) >= 11 is 1.18. The molecule has 0 saturated carbocycles. The highest BCUT2D eigenvalue weighted by Gasteiger charge is 2.10. The van der Waals surface area contributed by atoms with Gasteiger partial charge >= 0.3 is 0 Å². The summed E-state index contributed by atoms with van der Waals surface area (Å²) in [5.41, 5.74) is 3.56. The van der Waals surface area contributed by atoms with E-state index in [2.05, 4.69) is 38.3 Å². The van der Waals surface area contributed by atoms with Crippen LogP contribution in [0.4, 0.5) is 10.1 Å². The van der Waals surface area contributed by atoms with E-state index in [1.165, 1.54) is 18.0 Å². The number of hydrogen-bond donors (Lipinski definition) is 2. The third kappa shape index (κ3) is 6.88. The van der Waals surface area contributed by atoms with Gasteiger partial charge in [-0.05, 0) is 69.3 Å². The molecule has 30 heavy (non-hydrogen) atoms. The predicted molar refractivity (Wildman–Crippen MR) is 128 cm³/mol. The Hall–Kier alpha value is -2.87. The lowest BCUT2D eigenvalue weighted by Crippen LogP contribution is -2.35. The minimum absolute atomic E-state index is 0.283. The van der Waals surface area contributed by atoms with E-state index in [0.29, 0.717) is 11.4 Å². The molecule has 2 rings (SSSR count). The van der Waals surface area contributed by atoms with Gasteiger partial charge in [-0.2, -0.15) is 4.40 Å². The number of nitrogens with zero attached hydrogens (tertiary/aromatic N) is 3. The molecule has 0 amide bonds. The summed E-state index contributed by atoms with van der Waals surface area (Å²) in [6, 6.07) is 4.02. The number of guanidine groups is 1. The monoisotopic (exact) mass is 429 g/mol. The maximum atomic E-state index is 13.5. The van der Waals surface area contributed by atoms with Crippen LogP contribution in [0.3, 0.4) is 0 Å². The fourth-order valence-electron chi connectivity index (χ4n) is 2.66. The molecule has 1 aliphatic heterocycles. The molecular weight excluding hydrogens is 401 g/mol. The van der Waals surface area contributed by atoms with Gasteiger partial charge in [-0.1, -0.05) is 12.7 Å². The molecule has 0 atom stereocenters. The first-order valence-electron chi connectivity index (χ1n) is 9.60. The number of ether oxygens (including phenoxy) is 1. The van der Waals surface area contributed by atoms with Crippen molar-refractivity contribution in [2.75, 3.05) is 24.3 Å².